The standard InChI is InChI=1S/C18H20ClNO/c1-11(2)14-6-4-5-13-10-16(20-18(13)14)12-7-8-17(21-3)15(19)9-12/h4-9,11,16,20H,10H2,1-3H3. The summed E-state index contributed by atoms with van der Waals surface area (Å²) in [6.07, 6.45) is 0.999. The molecule has 1 aliphatic rings. The number of ether oxygens (including phenoxy) is 1. The number of methoxy groups -OCH3 is 1. The van der Waals surface area contributed by atoms with Gasteiger partial charge >= 0.3 is 0 Å². The third-order valence-corrected chi connectivity index (χ3v) is 4.42. The molecular formula is C18H20ClNO. The Labute approximate surface area is 131 Å². The third kappa shape index (κ3) is 2.60. The van der Waals surface area contributed by atoms with Crippen LogP contribution in [0.4, 0.5) is 5.69 Å². The van der Waals surface area contributed by atoms with Gasteiger partial charge in [-0.1, -0.05) is 49.7 Å². The lowest BCUT2D eigenvalue weighted by Gasteiger charge is -2.16. The largest absolute Gasteiger partial charge is 0.495 e. The van der Waals surface area contributed by atoms with Gasteiger partial charge in [0.15, 0.2) is 0 Å². The Bertz CT molecular complexity index is 666. The molecule has 21 heavy (non-hydrogen) atoms. The molecule has 0 radical (unpaired) electrons. The van der Waals surface area contributed by atoms with Crippen molar-refractivity contribution in [3.8, 4) is 5.75 Å². The van der Waals surface area contributed by atoms with Crippen molar-refractivity contribution < 1.29 is 4.74 Å². The van der Waals surface area contributed by atoms with Crippen LogP contribution in [0.5, 0.6) is 5.75 Å². The Balaban J connectivity index is 1.91. The van der Waals surface area contributed by atoms with E-state index in [0.717, 1.165) is 12.2 Å². The minimum atomic E-state index is 0.281. The lowest BCUT2D eigenvalue weighted by Crippen LogP contribution is -2.06. The van der Waals surface area contributed by atoms with Gasteiger partial charge in [-0.3, -0.25) is 0 Å². The number of nitrogens with one attached hydrogen (secondary N) is 1. The molecule has 0 spiro atoms. The van der Waals surface area contributed by atoms with Gasteiger partial charge in [-0.05, 0) is 41.2 Å². The highest BCUT2D eigenvalue weighted by Crippen LogP contribution is 2.40. The predicted octanol–water partition coefficient (Wildman–Crippen LogP) is 5.18. The molecule has 0 fully saturated rings. The van der Waals surface area contributed by atoms with Crippen LogP contribution in [0.1, 0.15) is 42.5 Å². The molecule has 3 heteroatoms. The quantitative estimate of drug-likeness (QED) is 0.843. The van der Waals surface area contributed by atoms with E-state index in [4.69, 9.17) is 16.3 Å². The van der Waals surface area contributed by atoms with E-state index in [-0.39, 0.29) is 6.04 Å². The van der Waals surface area contributed by atoms with Crippen LogP contribution in [0.2, 0.25) is 5.02 Å². The van der Waals surface area contributed by atoms with E-state index in [1.165, 1.54) is 22.4 Å². The fourth-order valence-corrected chi connectivity index (χ4v) is 3.26. The average Bonchev–Trinajstić information content (AvgIpc) is 2.90. The summed E-state index contributed by atoms with van der Waals surface area (Å²) in [7, 11) is 1.64. The lowest BCUT2D eigenvalue weighted by atomic mass is 9.97. The summed E-state index contributed by atoms with van der Waals surface area (Å²) in [5.41, 5.74) is 5.27. The maximum absolute atomic E-state index is 6.25. The predicted molar refractivity (Wildman–Crippen MR) is 88.6 cm³/mol. The van der Waals surface area contributed by atoms with Gasteiger partial charge in [0.2, 0.25) is 0 Å². The first-order chi connectivity index (χ1) is 10.1. The van der Waals surface area contributed by atoms with Crippen LogP contribution >= 0.6 is 11.6 Å². The summed E-state index contributed by atoms with van der Waals surface area (Å²) < 4.78 is 5.22. The number of para-hydroxylation sites is 1. The highest BCUT2D eigenvalue weighted by molar-refractivity contribution is 6.32. The van der Waals surface area contributed by atoms with Gasteiger partial charge in [-0.25, -0.2) is 0 Å². The molecule has 2 aromatic carbocycles. The summed E-state index contributed by atoms with van der Waals surface area (Å²) in [6.45, 7) is 4.46. The number of rotatable bonds is 3. The SMILES string of the molecule is COc1ccc(C2Cc3cccc(C(C)C)c3N2)cc1Cl. The second kappa shape index (κ2) is 5.61. The first-order valence-electron chi connectivity index (χ1n) is 7.32. The van der Waals surface area contributed by atoms with Crippen molar-refractivity contribution in [2.24, 2.45) is 0 Å². The van der Waals surface area contributed by atoms with E-state index < -0.39 is 0 Å². The number of hydrogen-bond acceptors (Lipinski definition) is 2. The number of halogens is 1. The second-order valence-electron chi connectivity index (χ2n) is 5.83. The zero-order valence-corrected chi connectivity index (χ0v) is 13.4. The van der Waals surface area contributed by atoms with E-state index >= 15 is 0 Å². The molecule has 3 rings (SSSR count). The van der Waals surface area contributed by atoms with E-state index in [2.05, 4.69) is 43.4 Å². The van der Waals surface area contributed by atoms with Crippen LogP contribution in [0.15, 0.2) is 36.4 Å². The topological polar surface area (TPSA) is 21.3 Å². The average molecular weight is 302 g/mol. The van der Waals surface area contributed by atoms with Gasteiger partial charge in [0.25, 0.3) is 0 Å². The highest BCUT2D eigenvalue weighted by Gasteiger charge is 2.25. The van der Waals surface area contributed by atoms with Gasteiger partial charge in [-0.2, -0.15) is 0 Å². The van der Waals surface area contributed by atoms with Crippen molar-refractivity contribution in [2.75, 3.05) is 12.4 Å². The molecule has 0 saturated carbocycles. The van der Waals surface area contributed by atoms with Crippen LogP contribution in [0.25, 0.3) is 0 Å². The maximum Gasteiger partial charge on any atom is 0.137 e. The molecule has 0 amide bonds. The molecule has 1 aliphatic heterocycles. The van der Waals surface area contributed by atoms with Crippen LogP contribution in [-0.4, -0.2) is 7.11 Å². The Morgan fingerprint density at radius 1 is 1.24 bits per heavy atom. The van der Waals surface area contributed by atoms with Crippen LogP contribution in [-0.2, 0) is 6.42 Å². The summed E-state index contributed by atoms with van der Waals surface area (Å²) in [6, 6.07) is 12.9. The molecule has 1 N–H and O–H groups in total. The minimum absolute atomic E-state index is 0.281. The summed E-state index contributed by atoms with van der Waals surface area (Å²) >= 11 is 6.25. The number of hydrogen-bond donors (Lipinski definition) is 1. The Morgan fingerprint density at radius 3 is 2.71 bits per heavy atom. The van der Waals surface area contributed by atoms with Gasteiger partial charge in [0.1, 0.15) is 5.75 Å². The minimum Gasteiger partial charge on any atom is -0.495 e. The van der Waals surface area contributed by atoms with Crippen molar-refractivity contribution in [1.29, 1.82) is 0 Å². The van der Waals surface area contributed by atoms with Crippen molar-refractivity contribution in [1.82, 2.24) is 0 Å². The number of anilines is 1. The van der Waals surface area contributed by atoms with Gasteiger partial charge in [0.05, 0.1) is 18.2 Å². The molecule has 2 aromatic rings. The fourth-order valence-electron chi connectivity index (χ4n) is 2.99. The summed E-state index contributed by atoms with van der Waals surface area (Å²) in [5.74, 6) is 1.24. The van der Waals surface area contributed by atoms with E-state index in [1.807, 2.05) is 12.1 Å². The molecular weight excluding hydrogens is 282 g/mol. The first-order valence-corrected chi connectivity index (χ1v) is 7.69. The fraction of sp³-hybridized carbons (Fsp3) is 0.333. The Kier molecular flexibility index (Phi) is 3.81. The molecule has 2 nitrogen and oxygen atoms in total. The molecule has 0 bridgehead atoms. The normalized spacial score (nSPS) is 16.7. The number of fused-ring (bicyclic) bond motifs is 1. The Hall–Kier alpha value is -1.67. The second-order valence-corrected chi connectivity index (χ2v) is 6.24. The third-order valence-electron chi connectivity index (χ3n) is 4.13. The molecule has 1 atom stereocenters. The molecule has 0 aromatic heterocycles. The summed E-state index contributed by atoms with van der Waals surface area (Å²) in [5, 5.41) is 4.33. The van der Waals surface area contributed by atoms with E-state index in [9.17, 15) is 0 Å². The van der Waals surface area contributed by atoms with Crippen molar-refractivity contribution >= 4 is 17.3 Å². The van der Waals surface area contributed by atoms with Crippen molar-refractivity contribution in [3.05, 3.63) is 58.1 Å². The maximum atomic E-state index is 6.25. The van der Waals surface area contributed by atoms with Crippen LogP contribution in [0, 0.1) is 0 Å². The van der Waals surface area contributed by atoms with Crippen LogP contribution < -0.4 is 10.1 Å². The lowest BCUT2D eigenvalue weighted by molar-refractivity contribution is 0.415. The molecule has 110 valence electrons. The van der Waals surface area contributed by atoms with Crippen molar-refractivity contribution in [3.63, 3.8) is 0 Å². The Morgan fingerprint density at radius 2 is 2.05 bits per heavy atom. The zero-order valence-electron chi connectivity index (χ0n) is 12.6. The van der Waals surface area contributed by atoms with E-state index in [0.29, 0.717) is 10.9 Å². The van der Waals surface area contributed by atoms with Gasteiger partial charge in [0, 0.05) is 5.69 Å². The van der Waals surface area contributed by atoms with Crippen molar-refractivity contribution in [2.45, 2.75) is 32.2 Å². The number of benzene rings is 2. The molecule has 0 saturated heterocycles. The van der Waals surface area contributed by atoms with Gasteiger partial charge in [-0.15, -0.1) is 0 Å². The smallest absolute Gasteiger partial charge is 0.137 e. The molecule has 1 unspecified atom stereocenters. The zero-order chi connectivity index (χ0) is 15.0. The highest BCUT2D eigenvalue weighted by atomic mass is 35.5. The molecule has 1 heterocycles. The summed E-state index contributed by atoms with van der Waals surface area (Å²) in [4.78, 5) is 0. The monoisotopic (exact) mass is 301 g/mol. The van der Waals surface area contributed by atoms with Crippen LogP contribution in [0.3, 0.4) is 0 Å². The van der Waals surface area contributed by atoms with Gasteiger partial charge < -0.3 is 10.1 Å². The molecule has 0 aliphatic carbocycles. The first kappa shape index (κ1) is 14.3. The van der Waals surface area contributed by atoms with E-state index in [1.54, 1.807) is 7.11 Å².